The molecule has 0 saturated carbocycles. The molecule has 2 heterocycles. The number of hydrogen-bond acceptors (Lipinski definition) is 1. The quantitative estimate of drug-likeness (QED) is 0.600. The molecule has 0 aliphatic carbocycles. The average molecular weight is 255 g/mol. The van der Waals surface area contributed by atoms with E-state index in [4.69, 9.17) is 0 Å². The molecule has 13 heavy (non-hydrogen) atoms. The van der Waals surface area contributed by atoms with Gasteiger partial charge in [0.1, 0.15) is 0 Å². The van der Waals surface area contributed by atoms with E-state index < -0.39 is 0 Å². The molecule has 0 aromatic heterocycles. The van der Waals surface area contributed by atoms with Gasteiger partial charge in [-0.15, -0.1) is 13.1 Å². The predicted molar refractivity (Wildman–Crippen MR) is 53.6 cm³/mol. The van der Waals surface area contributed by atoms with Gasteiger partial charge in [0.2, 0.25) is 0 Å². The molecular formula is C10H21N2Rb. The summed E-state index contributed by atoms with van der Waals surface area (Å²) in [7, 11) is 0. The summed E-state index contributed by atoms with van der Waals surface area (Å²) in [4.78, 5) is 0. The molecule has 0 aromatic rings. The number of rotatable bonds is 0. The zero-order valence-corrected chi connectivity index (χ0v) is 13.0. The van der Waals surface area contributed by atoms with E-state index in [9.17, 15) is 0 Å². The Labute approximate surface area is 131 Å². The van der Waals surface area contributed by atoms with Gasteiger partial charge in [-0.25, -0.2) is 0 Å². The van der Waals surface area contributed by atoms with Gasteiger partial charge in [-0.3, -0.25) is 0 Å². The van der Waals surface area contributed by atoms with Crippen molar-refractivity contribution in [1.82, 2.24) is 5.32 Å². The Morgan fingerprint density at radius 1 is 0.923 bits per heavy atom. The largest absolute Gasteiger partial charge is 1.00 e. The Balaban J connectivity index is 0.000000720. The Bertz CT molecular complexity index is 107. The molecule has 0 atom stereocenters. The van der Waals surface area contributed by atoms with Crippen LogP contribution < -0.4 is 63.5 Å². The summed E-state index contributed by atoms with van der Waals surface area (Å²) in [5.74, 6) is 0. The zero-order chi connectivity index (χ0) is 7.57. The Kier molecular flexibility index (Phi) is 8.01. The minimum atomic E-state index is 0. The van der Waals surface area contributed by atoms with Crippen LogP contribution in [0.4, 0.5) is 0 Å². The summed E-state index contributed by atoms with van der Waals surface area (Å²) >= 11 is 0. The van der Waals surface area contributed by atoms with E-state index in [1.807, 2.05) is 0 Å². The fourth-order valence-corrected chi connectivity index (χ4v) is 2.33. The molecule has 2 fully saturated rings. The van der Waals surface area contributed by atoms with Crippen LogP contribution >= 0.6 is 0 Å². The van der Waals surface area contributed by atoms with Crippen LogP contribution in [0.15, 0.2) is 0 Å². The van der Waals surface area contributed by atoms with Gasteiger partial charge in [-0.2, -0.15) is 0 Å². The van der Waals surface area contributed by atoms with Crippen LogP contribution in [0.3, 0.4) is 0 Å². The van der Waals surface area contributed by atoms with Crippen molar-refractivity contribution < 1.29 is 58.2 Å². The molecule has 0 unspecified atom stereocenters. The van der Waals surface area contributed by atoms with Crippen LogP contribution in [-0.4, -0.2) is 26.2 Å². The first-order chi connectivity index (χ1) is 5.41. The summed E-state index contributed by atoms with van der Waals surface area (Å²) in [6.45, 7) is 4.72. The summed E-state index contributed by atoms with van der Waals surface area (Å²) in [5.41, 5.74) is 0.701. The molecule has 0 amide bonds. The van der Waals surface area contributed by atoms with E-state index in [1.165, 1.54) is 38.8 Å². The van der Waals surface area contributed by atoms with E-state index in [1.54, 1.807) is 0 Å². The second-order valence-corrected chi connectivity index (χ2v) is 3.92. The number of nitrogens with one attached hydrogen (secondary N) is 1. The maximum Gasteiger partial charge on any atom is 1.00 e. The standard InChI is InChI=1S/C9H17N2.CH4.Rb/c1-5-10-6-2-9(1)3-7-11-8-4-9;;/h10H,1-8H2;1H4;/q-1;;+1. The van der Waals surface area contributed by atoms with Crippen molar-refractivity contribution in [2.75, 3.05) is 26.2 Å². The number of piperidine rings is 2. The van der Waals surface area contributed by atoms with Gasteiger partial charge in [0.05, 0.1) is 0 Å². The molecule has 2 aliphatic rings. The van der Waals surface area contributed by atoms with Crippen molar-refractivity contribution in [3.63, 3.8) is 0 Å². The van der Waals surface area contributed by atoms with Crippen molar-refractivity contribution in [1.29, 1.82) is 0 Å². The molecule has 0 bridgehead atoms. The molecule has 3 heteroatoms. The molecule has 2 nitrogen and oxygen atoms in total. The van der Waals surface area contributed by atoms with Crippen LogP contribution in [0.1, 0.15) is 33.1 Å². The topological polar surface area (TPSA) is 26.1 Å². The van der Waals surface area contributed by atoms with Gasteiger partial charge in [-0.05, 0) is 31.3 Å². The second-order valence-electron chi connectivity index (χ2n) is 3.92. The predicted octanol–water partition coefficient (Wildman–Crippen LogP) is -0.836. The van der Waals surface area contributed by atoms with Crippen molar-refractivity contribution in [2.45, 2.75) is 33.1 Å². The smallest absolute Gasteiger partial charge is 0.662 e. The van der Waals surface area contributed by atoms with E-state index in [-0.39, 0.29) is 65.6 Å². The van der Waals surface area contributed by atoms with Crippen LogP contribution in [0.25, 0.3) is 5.32 Å². The maximum atomic E-state index is 4.41. The van der Waals surface area contributed by atoms with E-state index >= 15 is 0 Å². The monoisotopic (exact) mass is 254 g/mol. The molecular weight excluding hydrogens is 234 g/mol. The van der Waals surface area contributed by atoms with Crippen LogP contribution in [-0.2, 0) is 0 Å². The first kappa shape index (κ1) is 14.7. The number of nitrogens with zero attached hydrogens (tertiary/aromatic N) is 1. The summed E-state index contributed by atoms with van der Waals surface area (Å²) in [6.07, 6.45) is 5.49. The minimum Gasteiger partial charge on any atom is -0.662 e. The summed E-state index contributed by atoms with van der Waals surface area (Å²) < 4.78 is 0. The SMILES string of the molecule is C.C1CC2(CC[N-]1)CCNCC2.[Rb+]. The van der Waals surface area contributed by atoms with Gasteiger partial charge in [0.25, 0.3) is 0 Å². The van der Waals surface area contributed by atoms with Crippen LogP contribution in [0.5, 0.6) is 0 Å². The van der Waals surface area contributed by atoms with Gasteiger partial charge in [-0.1, -0.05) is 20.3 Å². The van der Waals surface area contributed by atoms with Gasteiger partial charge < -0.3 is 10.6 Å². The van der Waals surface area contributed by atoms with E-state index in [0.29, 0.717) is 5.41 Å². The fourth-order valence-electron chi connectivity index (χ4n) is 2.33. The molecule has 2 rings (SSSR count). The van der Waals surface area contributed by atoms with Crippen LogP contribution in [0.2, 0.25) is 0 Å². The molecule has 0 radical (unpaired) electrons. The second kappa shape index (κ2) is 7.07. The summed E-state index contributed by atoms with van der Waals surface area (Å²) in [6, 6.07) is 0. The van der Waals surface area contributed by atoms with E-state index in [0.717, 1.165) is 13.1 Å². The molecule has 0 aromatic carbocycles. The van der Waals surface area contributed by atoms with Crippen molar-refractivity contribution >= 4 is 0 Å². The molecule has 2 saturated heterocycles. The van der Waals surface area contributed by atoms with E-state index in [2.05, 4.69) is 10.6 Å². The fraction of sp³-hybridized carbons (Fsp3) is 1.00. The zero-order valence-electron chi connectivity index (χ0n) is 8.10. The van der Waals surface area contributed by atoms with Gasteiger partial charge in [0, 0.05) is 0 Å². The van der Waals surface area contributed by atoms with Gasteiger partial charge >= 0.3 is 58.2 Å². The van der Waals surface area contributed by atoms with Gasteiger partial charge in [0.15, 0.2) is 0 Å². The van der Waals surface area contributed by atoms with Crippen molar-refractivity contribution in [3.05, 3.63) is 5.32 Å². The molecule has 2 aliphatic heterocycles. The minimum absolute atomic E-state index is 0. The Morgan fingerprint density at radius 3 is 2.00 bits per heavy atom. The summed E-state index contributed by atoms with van der Waals surface area (Å²) in [5, 5.41) is 7.83. The van der Waals surface area contributed by atoms with Crippen molar-refractivity contribution in [3.8, 4) is 0 Å². The normalized spacial score (nSPS) is 25.8. The maximum absolute atomic E-state index is 4.41. The average Bonchev–Trinajstić information content (AvgIpc) is 2.07. The number of hydrogen-bond donors (Lipinski definition) is 1. The first-order valence-electron chi connectivity index (χ1n) is 4.75. The van der Waals surface area contributed by atoms with Crippen molar-refractivity contribution in [2.24, 2.45) is 5.41 Å². The van der Waals surface area contributed by atoms with Crippen LogP contribution in [0, 0.1) is 5.41 Å². The molecule has 1 N–H and O–H groups in total. The Morgan fingerprint density at radius 2 is 1.46 bits per heavy atom. The third-order valence-electron chi connectivity index (χ3n) is 3.26. The third kappa shape index (κ3) is 4.00. The first-order valence-corrected chi connectivity index (χ1v) is 4.75. The molecule has 72 valence electrons. The molecule has 1 spiro atoms. The third-order valence-corrected chi connectivity index (χ3v) is 3.26. The Hall–Kier alpha value is 1.73.